The molecule has 4 heteroatoms. The molecule has 1 nitrogen and oxygen atoms in total. The third kappa shape index (κ3) is 2.62. The van der Waals surface area contributed by atoms with Crippen molar-refractivity contribution < 1.29 is 0 Å². The lowest BCUT2D eigenvalue weighted by molar-refractivity contribution is 0.561. The Morgan fingerprint density at radius 1 is 1.62 bits per heavy atom. The molecule has 0 aromatic carbocycles. The van der Waals surface area contributed by atoms with Gasteiger partial charge >= 0.3 is 0 Å². The highest BCUT2D eigenvalue weighted by atomic mass is 35.5. The summed E-state index contributed by atoms with van der Waals surface area (Å²) in [6, 6.07) is 2.66. The standard InChI is InChI=1S/C9H12ClNS2/c10-8-2-4-13-9(8)5-11-7-1-3-12-6-7/h2,4,7,11H,1,3,5-6H2/t7-/m1/s1. The molecule has 72 valence electrons. The monoisotopic (exact) mass is 233 g/mol. The minimum atomic E-state index is 0.697. The predicted molar refractivity (Wildman–Crippen MR) is 61.9 cm³/mol. The van der Waals surface area contributed by atoms with Crippen LogP contribution in [0, 0.1) is 0 Å². The topological polar surface area (TPSA) is 12.0 Å². The van der Waals surface area contributed by atoms with Gasteiger partial charge in [0, 0.05) is 23.2 Å². The lowest BCUT2D eigenvalue weighted by Gasteiger charge is -2.09. The first-order chi connectivity index (χ1) is 6.36. The second-order valence-electron chi connectivity index (χ2n) is 3.13. The Morgan fingerprint density at radius 3 is 3.15 bits per heavy atom. The molecule has 1 aliphatic rings. The third-order valence-electron chi connectivity index (χ3n) is 2.17. The summed E-state index contributed by atoms with van der Waals surface area (Å²) in [5, 5.41) is 6.48. The van der Waals surface area contributed by atoms with Crippen LogP contribution in [-0.2, 0) is 6.54 Å². The molecule has 1 aliphatic heterocycles. The summed E-state index contributed by atoms with van der Waals surface area (Å²) in [4.78, 5) is 1.26. The molecule has 0 bridgehead atoms. The highest BCUT2D eigenvalue weighted by Gasteiger charge is 2.14. The van der Waals surface area contributed by atoms with Crippen molar-refractivity contribution in [1.82, 2.24) is 5.32 Å². The van der Waals surface area contributed by atoms with E-state index < -0.39 is 0 Å². The fourth-order valence-electron chi connectivity index (χ4n) is 1.38. The van der Waals surface area contributed by atoms with Crippen LogP contribution in [0.4, 0.5) is 0 Å². The quantitative estimate of drug-likeness (QED) is 0.862. The van der Waals surface area contributed by atoms with Gasteiger partial charge in [-0.25, -0.2) is 0 Å². The first-order valence-electron chi connectivity index (χ1n) is 4.39. The summed E-state index contributed by atoms with van der Waals surface area (Å²) >= 11 is 9.75. The molecule has 0 saturated carbocycles. The van der Waals surface area contributed by atoms with Gasteiger partial charge in [-0.15, -0.1) is 11.3 Å². The molecule has 1 aromatic heterocycles. The van der Waals surface area contributed by atoms with Crippen molar-refractivity contribution in [2.24, 2.45) is 0 Å². The van der Waals surface area contributed by atoms with E-state index in [1.54, 1.807) is 11.3 Å². The van der Waals surface area contributed by atoms with E-state index in [-0.39, 0.29) is 0 Å². The van der Waals surface area contributed by atoms with E-state index in [1.807, 2.05) is 23.2 Å². The minimum absolute atomic E-state index is 0.697. The van der Waals surface area contributed by atoms with Crippen molar-refractivity contribution in [2.45, 2.75) is 19.0 Å². The van der Waals surface area contributed by atoms with Crippen molar-refractivity contribution >= 4 is 34.7 Å². The van der Waals surface area contributed by atoms with E-state index >= 15 is 0 Å². The second kappa shape index (κ2) is 4.69. The van der Waals surface area contributed by atoms with Crippen molar-refractivity contribution in [3.05, 3.63) is 21.3 Å². The molecule has 13 heavy (non-hydrogen) atoms. The Kier molecular flexibility index (Phi) is 3.55. The van der Waals surface area contributed by atoms with Gasteiger partial charge in [-0.2, -0.15) is 11.8 Å². The van der Waals surface area contributed by atoms with E-state index in [4.69, 9.17) is 11.6 Å². The average molecular weight is 234 g/mol. The van der Waals surface area contributed by atoms with Crippen LogP contribution in [0.25, 0.3) is 0 Å². The highest BCUT2D eigenvalue weighted by molar-refractivity contribution is 7.99. The summed E-state index contributed by atoms with van der Waals surface area (Å²) in [5.41, 5.74) is 0. The van der Waals surface area contributed by atoms with Gasteiger partial charge in [-0.3, -0.25) is 0 Å². The van der Waals surface area contributed by atoms with Crippen molar-refractivity contribution in [3.63, 3.8) is 0 Å². The van der Waals surface area contributed by atoms with Crippen LogP contribution in [0.5, 0.6) is 0 Å². The maximum absolute atomic E-state index is 5.99. The Bertz CT molecular complexity index is 268. The third-order valence-corrected chi connectivity index (χ3v) is 4.72. The predicted octanol–water partition coefficient (Wildman–Crippen LogP) is 3.00. The molecule has 1 fully saturated rings. The Hall–Kier alpha value is 0.300. The van der Waals surface area contributed by atoms with E-state index in [9.17, 15) is 0 Å². The summed E-state index contributed by atoms with van der Waals surface area (Å²) < 4.78 is 0. The number of rotatable bonds is 3. The van der Waals surface area contributed by atoms with Crippen LogP contribution >= 0.6 is 34.7 Å². The molecule has 1 atom stereocenters. The number of thiophene rings is 1. The van der Waals surface area contributed by atoms with E-state index in [0.717, 1.165) is 11.6 Å². The minimum Gasteiger partial charge on any atom is -0.308 e. The summed E-state index contributed by atoms with van der Waals surface area (Å²) in [7, 11) is 0. The molecule has 0 radical (unpaired) electrons. The normalized spacial score (nSPS) is 22.4. The van der Waals surface area contributed by atoms with Crippen LogP contribution in [0.2, 0.25) is 5.02 Å². The molecular weight excluding hydrogens is 222 g/mol. The number of hydrogen-bond acceptors (Lipinski definition) is 3. The molecular formula is C9H12ClNS2. The smallest absolute Gasteiger partial charge is 0.0558 e. The molecule has 0 unspecified atom stereocenters. The van der Waals surface area contributed by atoms with Crippen LogP contribution in [0.1, 0.15) is 11.3 Å². The number of nitrogens with one attached hydrogen (secondary N) is 1. The fourth-order valence-corrected chi connectivity index (χ4v) is 3.62. The van der Waals surface area contributed by atoms with Crippen molar-refractivity contribution in [2.75, 3.05) is 11.5 Å². The zero-order valence-electron chi connectivity index (χ0n) is 7.25. The highest BCUT2D eigenvalue weighted by Crippen LogP contribution is 2.23. The molecule has 2 heterocycles. The molecule has 1 aromatic rings. The van der Waals surface area contributed by atoms with Gasteiger partial charge in [0.1, 0.15) is 0 Å². The first-order valence-corrected chi connectivity index (χ1v) is 6.80. The van der Waals surface area contributed by atoms with Gasteiger partial charge in [0.25, 0.3) is 0 Å². The molecule has 0 amide bonds. The summed E-state index contributed by atoms with van der Waals surface area (Å²) in [5.74, 6) is 2.55. The van der Waals surface area contributed by atoms with Gasteiger partial charge in [0.15, 0.2) is 0 Å². The zero-order valence-corrected chi connectivity index (χ0v) is 9.64. The Morgan fingerprint density at radius 2 is 2.54 bits per heavy atom. The fraction of sp³-hybridized carbons (Fsp3) is 0.556. The van der Waals surface area contributed by atoms with Gasteiger partial charge in [-0.1, -0.05) is 11.6 Å². The molecule has 0 aliphatic carbocycles. The maximum atomic E-state index is 5.99. The number of thioether (sulfide) groups is 1. The summed E-state index contributed by atoms with van der Waals surface area (Å²) in [6.45, 7) is 0.932. The Balaban J connectivity index is 1.82. The molecule has 1 saturated heterocycles. The summed E-state index contributed by atoms with van der Waals surface area (Å²) in [6.07, 6.45) is 1.30. The van der Waals surface area contributed by atoms with Crippen LogP contribution in [0.3, 0.4) is 0 Å². The van der Waals surface area contributed by atoms with Gasteiger partial charge in [0.2, 0.25) is 0 Å². The van der Waals surface area contributed by atoms with Gasteiger partial charge < -0.3 is 5.32 Å². The first kappa shape index (κ1) is 9.84. The van der Waals surface area contributed by atoms with Gasteiger partial charge in [-0.05, 0) is 23.6 Å². The number of halogens is 1. The van der Waals surface area contributed by atoms with E-state index in [2.05, 4.69) is 5.32 Å². The molecule has 2 rings (SSSR count). The number of hydrogen-bond donors (Lipinski definition) is 1. The van der Waals surface area contributed by atoms with Crippen LogP contribution in [-0.4, -0.2) is 17.5 Å². The van der Waals surface area contributed by atoms with Crippen molar-refractivity contribution in [1.29, 1.82) is 0 Å². The Labute approximate surface area is 91.9 Å². The average Bonchev–Trinajstić information content (AvgIpc) is 2.72. The lowest BCUT2D eigenvalue weighted by Crippen LogP contribution is -2.27. The molecule has 0 spiro atoms. The van der Waals surface area contributed by atoms with Gasteiger partial charge in [0.05, 0.1) is 5.02 Å². The van der Waals surface area contributed by atoms with E-state index in [1.165, 1.54) is 22.8 Å². The second-order valence-corrected chi connectivity index (χ2v) is 5.69. The van der Waals surface area contributed by atoms with Crippen molar-refractivity contribution in [3.8, 4) is 0 Å². The van der Waals surface area contributed by atoms with Crippen LogP contribution < -0.4 is 5.32 Å². The maximum Gasteiger partial charge on any atom is 0.0558 e. The molecule has 1 N–H and O–H groups in total. The van der Waals surface area contributed by atoms with Crippen LogP contribution in [0.15, 0.2) is 11.4 Å². The SMILES string of the molecule is Clc1ccsc1CN[C@@H]1CCSC1. The largest absolute Gasteiger partial charge is 0.308 e. The zero-order chi connectivity index (χ0) is 9.10. The lowest BCUT2D eigenvalue weighted by atomic mass is 10.2. The van der Waals surface area contributed by atoms with E-state index in [0.29, 0.717) is 6.04 Å².